The van der Waals surface area contributed by atoms with Crippen LogP contribution in [0.5, 0.6) is 0 Å². The maximum absolute atomic E-state index is 5.44. The molecular formula is C7H18OSi2. The SMILES string of the molecule is C#C[Si](C)([SiH3])C(C)(C)C.O. The van der Waals surface area contributed by atoms with E-state index in [0.717, 1.165) is 0 Å². The molecule has 0 aliphatic rings. The molecule has 0 aromatic carbocycles. The Balaban J connectivity index is 0. The molecule has 60 valence electrons. The molecule has 1 nitrogen and oxygen atoms in total. The molecule has 3 heteroatoms. The van der Waals surface area contributed by atoms with Crippen molar-refractivity contribution in [3.05, 3.63) is 0 Å². The predicted octanol–water partition coefficient (Wildman–Crippen LogP) is 0.0749. The third-order valence-corrected chi connectivity index (χ3v) is 12.1. The highest BCUT2D eigenvalue weighted by Crippen LogP contribution is 2.32. The lowest BCUT2D eigenvalue weighted by Crippen LogP contribution is -2.40. The highest BCUT2D eigenvalue weighted by Gasteiger charge is 2.32. The number of hydrogen-bond donors (Lipinski definition) is 0. The zero-order valence-corrected chi connectivity index (χ0v) is 10.6. The van der Waals surface area contributed by atoms with E-state index in [9.17, 15) is 0 Å². The van der Waals surface area contributed by atoms with Gasteiger partial charge in [-0.1, -0.05) is 27.3 Å². The fourth-order valence-electron chi connectivity index (χ4n) is 0.217. The monoisotopic (exact) mass is 174 g/mol. The van der Waals surface area contributed by atoms with Crippen LogP contribution in [0.4, 0.5) is 0 Å². The minimum Gasteiger partial charge on any atom is -0.412 e. The summed E-state index contributed by atoms with van der Waals surface area (Å²) in [7, 11) is -0.00154. The van der Waals surface area contributed by atoms with Gasteiger partial charge in [0.2, 0.25) is 0 Å². The van der Waals surface area contributed by atoms with E-state index in [1.165, 1.54) is 9.76 Å². The number of terminal acetylenes is 1. The molecule has 0 radical (unpaired) electrons. The van der Waals surface area contributed by atoms with Gasteiger partial charge in [-0.2, -0.15) is 0 Å². The lowest BCUT2D eigenvalue weighted by Gasteiger charge is -2.31. The topological polar surface area (TPSA) is 31.5 Å². The molecule has 0 fully saturated rings. The van der Waals surface area contributed by atoms with Crippen molar-refractivity contribution in [1.82, 2.24) is 0 Å². The van der Waals surface area contributed by atoms with E-state index in [0.29, 0.717) is 5.04 Å². The first-order valence-electron chi connectivity index (χ1n) is 3.29. The van der Waals surface area contributed by atoms with Crippen LogP contribution in [0.3, 0.4) is 0 Å². The molecule has 0 saturated carbocycles. The van der Waals surface area contributed by atoms with E-state index < -0.39 is 7.59 Å². The smallest absolute Gasteiger partial charge is 0.120 e. The molecule has 0 aliphatic heterocycles. The summed E-state index contributed by atoms with van der Waals surface area (Å²) < 4.78 is 0. The van der Waals surface area contributed by atoms with E-state index in [1.54, 1.807) is 0 Å². The van der Waals surface area contributed by atoms with Crippen LogP contribution in [-0.4, -0.2) is 22.8 Å². The zero-order valence-electron chi connectivity index (χ0n) is 7.58. The molecule has 0 aromatic heterocycles. The summed E-state index contributed by atoms with van der Waals surface area (Å²) in [5.41, 5.74) is 2.98. The van der Waals surface area contributed by atoms with Crippen molar-refractivity contribution in [2.45, 2.75) is 32.4 Å². The molecule has 0 bridgehead atoms. The molecule has 0 saturated heterocycles. The molecule has 0 aliphatic carbocycles. The van der Waals surface area contributed by atoms with Crippen LogP contribution in [0.15, 0.2) is 0 Å². The number of hydrogen-bond acceptors (Lipinski definition) is 0. The van der Waals surface area contributed by atoms with Gasteiger partial charge in [0, 0.05) is 9.76 Å². The van der Waals surface area contributed by atoms with Crippen LogP contribution < -0.4 is 0 Å². The zero-order chi connectivity index (χ0) is 7.71. The van der Waals surface area contributed by atoms with Gasteiger partial charge in [0.05, 0.1) is 0 Å². The fraction of sp³-hybridized carbons (Fsp3) is 0.714. The minimum absolute atomic E-state index is 0. The molecule has 2 N–H and O–H groups in total. The molecule has 0 heterocycles. The van der Waals surface area contributed by atoms with Gasteiger partial charge >= 0.3 is 0 Å². The lowest BCUT2D eigenvalue weighted by atomic mass is 10.2. The quantitative estimate of drug-likeness (QED) is 0.368. The van der Waals surface area contributed by atoms with Crippen LogP contribution >= 0.6 is 0 Å². The Bertz CT molecular complexity index is 139. The summed E-state index contributed by atoms with van der Waals surface area (Å²) in [5, 5.41) is 0.411. The first kappa shape index (κ1) is 12.6. The fourth-order valence-corrected chi connectivity index (χ4v) is 0.650. The van der Waals surface area contributed by atoms with Crippen molar-refractivity contribution in [3.63, 3.8) is 0 Å². The van der Waals surface area contributed by atoms with Crippen molar-refractivity contribution in [3.8, 4) is 12.0 Å². The standard InChI is InChI=1S/C7H16Si2.H2O/c1-6-9(5,8)7(2,3)4;/h1H,2-5,8H3;1H2. The van der Waals surface area contributed by atoms with Crippen LogP contribution in [0.1, 0.15) is 20.8 Å². The molecular weight excluding hydrogens is 156 g/mol. The summed E-state index contributed by atoms with van der Waals surface area (Å²) in [6, 6.07) is 0. The first-order chi connectivity index (χ1) is 3.81. The average Bonchev–Trinajstić information content (AvgIpc) is 1.64. The summed E-state index contributed by atoms with van der Waals surface area (Å²) in [5.74, 6) is 0. The maximum atomic E-state index is 5.44. The summed E-state index contributed by atoms with van der Waals surface area (Å²) in [6.07, 6.45) is 5.44. The first-order valence-corrected chi connectivity index (χ1v) is 9.29. The van der Waals surface area contributed by atoms with E-state index >= 15 is 0 Å². The second-order valence-corrected chi connectivity index (χ2v) is 15.1. The van der Waals surface area contributed by atoms with Gasteiger partial charge in [0.1, 0.15) is 7.59 Å². The predicted molar refractivity (Wildman–Crippen MR) is 53.7 cm³/mol. The second kappa shape index (κ2) is 3.38. The molecule has 1 atom stereocenters. The van der Waals surface area contributed by atoms with Gasteiger partial charge in [-0.3, -0.25) is 0 Å². The normalized spacial score (nSPS) is 16.7. The van der Waals surface area contributed by atoms with Crippen LogP contribution in [-0.2, 0) is 0 Å². The lowest BCUT2D eigenvalue weighted by molar-refractivity contribution is 0.741. The van der Waals surface area contributed by atoms with Gasteiger partial charge in [0.15, 0.2) is 0 Å². The Morgan fingerprint density at radius 1 is 1.40 bits per heavy atom. The summed E-state index contributed by atoms with van der Waals surface area (Å²) >= 11 is 0. The van der Waals surface area contributed by atoms with Crippen molar-refractivity contribution in [2.75, 3.05) is 0 Å². The third kappa shape index (κ3) is 2.69. The van der Waals surface area contributed by atoms with Crippen LogP contribution in [0.25, 0.3) is 0 Å². The van der Waals surface area contributed by atoms with E-state index in [-0.39, 0.29) is 5.48 Å². The number of rotatable bonds is 0. The largest absolute Gasteiger partial charge is 0.412 e. The van der Waals surface area contributed by atoms with Gasteiger partial charge < -0.3 is 5.48 Å². The van der Waals surface area contributed by atoms with Crippen LogP contribution in [0, 0.1) is 12.0 Å². The van der Waals surface area contributed by atoms with E-state index in [1.807, 2.05) is 0 Å². The maximum Gasteiger partial charge on any atom is 0.120 e. The molecule has 0 spiro atoms. The Hall–Kier alpha value is -0.0462. The van der Waals surface area contributed by atoms with Gasteiger partial charge in [0.25, 0.3) is 0 Å². The van der Waals surface area contributed by atoms with E-state index in [4.69, 9.17) is 6.42 Å². The van der Waals surface area contributed by atoms with Crippen molar-refractivity contribution in [2.24, 2.45) is 0 Å². The van der Waals surface area contributed by atoms with Gasteiger partial charge in [-0.05, 0) is 5.04 Å². The third-order valence-electron chi connectivity index (χ3n) is 2.24. The van der Waals surface area contributed by atoms with E-state index in [2.05, 4.69) is 32.9 Å². The molecule has 0 amide bonds. The average molecular weight is 174 g/mol. The molecule has 0 aromatic rings. The molecule has 10 heavy (non-hydrogen) atoms. The van der Waals surface area contributed by atoms with Gasteiger partial charge in [-0.15, -0.1) is 12.0 Å². The Morgan fingerprint density at radius 3 is 1.70 bits per heavy atom. The highest BCUT2D eigenvalue weighted by molar-refractivity contribution is 7.22. The van der Waals surface area contributed by atoms with Crippen molar-refractivity contribution in [1.29, 1.82) is 0 Å². The Kier molecular flexibility index (Phi) is 4.26. The van der Waals surface area contributed by atoms with Crippen LogP contribution in [0.2, 0.25) is 11.6 Å². The van der Waals surface area contributed by atoms with Crippen molar-refractivity contribution < 1.29 is 5.48 Å². The van der Waals surface area contributed by atoms with Gasteiger partial charge in [-0.25, -0.2) is 0 Å². The summed E-state index contributed by atoms with van der Waals surface area (Å²) in [4.78, 5) is 0. The molecule has 1 unspecified atom stereocenters. The minimum atomic E-state index is -1.21. The Labute approximate surface area is 67.7 Å². The summed E-state index contributed by atoms with van der Waals surface area (Å²) in [6.45, 7) is 9.06. The van der Waals surface area contributed by atoms with Crippen molar-refractivity contribution >= 4 is 17.4 Å². The second-order valence-electron chi connectivity index (χ2n) is 4.02. The molecule has 0 rings (SSSR count). The Morgan fingerprint density at radius 2 is 1.70 bits per heavy atom. The highest BCUT2D eigenvalue weighted by atomic mass is 29.2.